The molecule has 45 heavy (non-hydrogen) atoms. The number of urea groups is 1. The van der Waals surface area contributed by atoms with Gasteiger partial charge >= 0.3 is 18.4 Å². The average molecular weight is 683 g/mol. The Morgan fingerprint density at radius 1 is 0.911 bits per heavy atom. The predicted octanol–water partition coefficient (Wildman–Crippen LogP) is 6.27. The second kappa shape index (κ2) is 14.2. The lowest BCUT2D eigenvalue weighted by atomic mass is 9.79. The summed E-state index contributed by atoms with van der Waals surface area (Å²) in [6.45, 7) is 3.00. The summed E-state index contributed by atoms with van der Waals surface area (Å²) in [5, 5.41) is 3.58. The van der Waals surface area contributed by atoms with Crippen molar-refractivity contribution >= 4 is 47.5 Å². The largest absolute Gasteiger partial charge is 0.416 e. The van der Waals surface area contributed by atoms with Crippen LogP contribution in [-0.4, -0.2) is 89.9 Å². The minimum Gasteiger partial charge on any atom is -0.361 e. The molecule has 2 saturated heterocycles. The highest BCUT2D eigenvalue weighted by Gasteiger charge is 2.51. The highest BCUT2D eigenvalue weighted by Crippen LogP contribution is 2.39. The molecular weight excluding hydrogens is 647 g/mol. The number of likely N-dealkylation sites (N-methyl/N-ethyl adjacent to an activating group) is 1. The molecule has 0 saturated carbocycles. The normalized spacial score (nSPS) is 19.7. The first-order valence-electron chi connectivity index (χ1n) is 14.1. The molecule has 2 aromatic carbocycles. The third kappa shape index (κ3) is 7.87. The summed E-state index contributed by atoms with van der Waals surface area (Å²) in [7, 11) is 1.70. The number of Topliss-reactive ketones (excluding diaryl/α,β-unsaturated/α-hetero) is 1. The van der Waals surface area contributed by atoms with Crippen molar-refractivity contribution in [2.75, 3.05) is 52.9 Å². The van der Waals surface area contributed by atoms with Crippen molar-refractivity contribution in [1.82, 2.24) is 25.0 Å². The molecule has 7 nitrogen and oxygen atoms in total. The smallest absolute Gasteiger partial charge is 0.361 e. The molecule has 5 rings (SSSR count). The van der Waals surface area contributed by atoms with Crippen LogP contribution in [0.25, 0.3) is 10.9 Å². The number of para-hydroxylation sites is 1. The van der Waals surface area contributed by atoms with Gasteiger partial charge < -0.3 is 25.0 Å². The van der Waals surface area contributed by atoms with Gasteiger partial charge in [-0.3, -0.25) is 4.79 Å². The number of carbonyl (C=O) groups is 2. The lowest BCUT2D eigenvalue weighted by Gasteiger charge is -2.49. The van der Waals surface area contributed by atoms with Crippen molar-refractivity contribution in [3.8, 4) is 0 Å². The zero-order valence-electron chi connectivity index (χ0n) is 24.4. The number of aromatic amines is 1. The number of fused-ring (bicyclic) bond motifs is 1. The summed E-state index contributed by atoms with van der Waals surface area (Å²) in [5.74, 6) is -0.990. The fourth-order valence-corrected chi connectivity index (χ4v) is 6.19. The molecular formula is C30H35Cl2F6N5O2. The first-order valence-corrected chi connectivity index (χ1v) is 14.1. The van der Waals surface area contributed by atoms with E-state index in [0.717, 1.165) is 36.8 Å². The number of piperazine rings is 1. The van der Waals surface area contributed by atoms with E-state index in [1.165, 1.54) is 4.90 Å². The van der Waals surface area contributed by atoms with Crippen LogP contribution in [-0.2, 0) is 18.8 Å². The summed E-state index contributed by atoms with van der Waals surface area (Å²) >= 11 is 0. The summed E-state index contributed by atoms with van der Waals surface area (Å²) in [6, 6.07) is 7.51. The van der Waals surface area contributed by atoms with Crippen molar-refractivity contribution in [2.24, 2.45) is 0 Å². The number of carbonyl (C=O) groups excluding carboxylic acids is 2. The lowest BCUT2D eigenvalue weighted by Crippen LogP contribution is -2.69. The van der Waals surface area contributed by atoms with Crippen LogP contribution in [0.5, 0.6) is 0 Å². The monoisotopic (exact) mass is 681 g/mol. The number of ketones is 1. The molecule has 248 valence electrons. The third-order valence-corrected chi connectivity index (χ3v) is 8.33. The number of amides is 2. The van der Waals surface area contributed by atoms with E-state index in [-0.39, 0.29) is 56.9 Å². The first-order chi connectivity index (χ1) is 20.3. The molecule has 3 aromatic rings. The molecule has 2 aliphatic rings. The topological polar surface area (TPSA) is 71.7 Å². The molecule has 2 amide bonds. The van der Waals surface area contributed by atoms with Gasteiger partial charge in [0.25, 0.3) is 0 Å². The number of H-pyrrole nitrogens is 1. The number of aromatic nitrogens is 1. The molecule has 0 bridgehead atoms. The van der Waals surface area contributed by atoms with Crippen LogP contribution in [0.4, 0.5) is 31.1 Å². The molecule has 2 N–H and O–H groups in total. The number of rotatable bonds is 7. The Hall–Kier alpha value is -3.00. The van der Waals surface area contributed by atoms with Crippen molar-refractivity contribution in [2.45, 2.75) is 37.2 Å². The summed E-state index contributed by atoms with van der Waals surface area (Å²) in [4.78, 5) is 36.6. The van der Waals surface area contributed by atoms with Crippen LogP contribution in [0.3, 0.4) is 0 Å². The Morgan fingerprint density at radius 2 is 1.53 bits per heavy atom. The quantitative estimate of drug-likeness (QED) is 0.228. The van der Waals surface area contributed by atoms with Crippen LogP contribution in [0.1, 0.15) is 39.9 Å². The molecule has 0 aliphatic carbocycles. The van der Waals surface area contributed by atoms with Crippen molar-refractivity contribution in [1.29, 1.82) is 0 Å². The number of nitrogens with zero attached hydrogens (tertiary/aromatic N) is 3. The molecule has 1 atom stereocenters. The number of hydrogen-bond acceptors (Lipinski definition) is 4. The Labute approximate surface area is 269 Å². The van der Waals surface area contributed by atoms with Crippen LogP contribution >= 0.6 is 24.8 Å². The summed E-state index contributed by atoms with van der Waals surface area (Å²) in [5.41, 5.74) is -4.38. The van der Waals surface area contributed by atoms with E-state index in [1.54, 1.807) is 36.3 Å². The highest BCUT2D eigenvalue weighted by atomic mass is 35.5. The SMILES string of the molecule is CN1CCN(C(=O)NCCN2CCCC2)C(Cc2c[nH]c3ccccc23)(C(=O)c2cc(C(F)(F)F)cc(C(F)(F)F)c2)C1.Cl.Cl. The number of halogens is 8. The second-order valence-corrected chi connectivity index (χ2v) is 11.4. The zero-order chi connectivity index (χ0) is 31.0. The van der Waals surface area contributed by atoms with Crippen molar-refractivity contribution < 1.29 is 35.9 Å². The maximum atomic E-state index is 14.5. The highest BCUT2D eigenvalue weighted by molar-refractivity contribution is 6.06. The van der Waals surface area contributed by atoms with Gasteiger partial charge in [-0.2, -0.15) is 26.3 Å². The van der Waals surface area contributed by atoms with E-state index in [0.29, 0.717) is 30.8 Å². The predicted molar refractivity (Wildman–Crippen MR) is 163 cm³/mol. The standard InChI is InChI=1S/C30H33F6N5O2.2ClH/c1-39-12-13-41(27(43)37-8-11-40-9-4-5-10-40)28(19-39,17-21-18-38-25-7-3-2-6-24(21)25)26(42)20-14-22(29(31,32)33)16-23(15-20)30(34,35)36;;/h2-3,6-7,14-16,18,38H,4-5,8-13,17,19H2,1H3,(H,37,43);2*1H. The molecule has 1 unspecified atom stereocenters. The maximum absolute atomic E-state index is 14.5. The van der Waals surface area contributed by atoms with Crippen molar-refractivity contribution in [3.63, 3.8) is 0 Å². The van der Waals surface area contributed by atoms with E-state index >= 15 is 0 Å². The van der Waals surface area contributed by atoms with Crippen LogP contribution in [0.2, 0.25) is 0 Å². The van der Waals surface area contributed by atoms with Crippen LogP contribution < -0.4 is 5.32 Å². The van der Waals surface area contributed by atoms with Gasteiger partial charge in [-0.25, -0.2) is 4.79 Å². The fraction of sp³-hybridized carbons (Fsp3) is 0.467. The molecule has 0 spiro atoms. The van der Waals surface area contributed by atoms with Gasteiger partial charge in [0.1, 0.15) is 5.54 Å². The Balaban J connectivity index is 0.00000276. The summed E-state index contributed by atoms with van der Waals surface area (Å²) < 4.78 is 82.7. The second-order valence-electron chi connectivity index (χ2n) is 11.4. The maximum Gasteiger partial charge on any atom is 0.416 e. The third-order valence-electron chi connectivity index (χ3n) is 8.33. The van der Waals surface area contributed by atoms with Crippen LogP contribution in [0.15, 0.2) is 48.7 Å². The Kier molecular flexibility index (Phi) is 11.5. The number of benzene rings is 2. The van der Waals surface area contributed by atoms with Crippen molar-refractivity contribution in [3.05, 3.63) is 70.9 Å². The first kappa shape index (κ1) is 36.5. The molecule has 3 heterocycles. The van der Waals surface area contributed by atoms with Gasteiger partial charge in [0.05, 0.1) is 11.1 Å². The van der Waals surface area contributed by atoms with E-state index in [1.807, 2.05) is 6.07 Å². The van der Waals surface area contributed by atoms with E-state index < -0.39 is 46.4 Å². The number of likely N-dealkylation sites (tertiary alicyclic amines) is 1. The molecule has 2 fully saturated rings. The van der Waals surface area contributed by atoms with E-state index in [9.17, 15) is 35.9 Å². The molecule has 1 aromatic heterocycles. The Morgan fingerprint density at radius 3 is 2.16 bits per heavy atom. The average Bonchev–Trinajstić information content (AvgIpc) is 3.62. The van der Waals surface area contributed by atoms with Gasteiger partial charge in [0, 0.05) is 61.8 Å². The summed E-state index contributed by atoms with van der Waals surface area (Å²) in [6.07, 6.45) is -6.61. The molecule has 15 heteroatoms. The number of nitrogens with one attached hydrogen (secondary N) is 2. The number of alkyl halides is 6. The van der Waals surface area contributed by atoms with Gasteiger partial charge in [-0.1, -0.05) is 18.2 Å². The van der Waals surface area contributed by atoms with E-state index in [4.69, 9.17) is 0 Å². The van der Waals surface area contributed by atoms with Crippen LogP contribution in [0, 0.1) is 0 Å². The minimum absolute atomic E-state index is 0. The fourth-order valence-electron chi connectivity index (χ4n) is 6.19. The van der Waals surface area contributed by atoms with E-state index in [2.05, 4.69) is 15.2 Å². The number of hydrogen-bond donors (Lipinski definition) is 2. The Bertz CT molecular complexity index is 1460. The zero-order valence-corrected chi connectivity index (χ0v) is 26.1. The van der Waals surface area contributed by atoms with Gasteiger partial charge in [-0.15, -0.1) is 24.8 Å². The molecule has 0 radical (unpaired) electrons. The lowest BCUT2D eigenvalue weighted by molar-refractivity contribution is -0.143. The molecule has 2 aliphatic heterocycles. The van der Waals surface area contributed by atoms with Gasteiger partial charge in [0.2, 0.25) is 0 Å². The van der Waals surface area contributed by atoms with Gasteiger partial charge in [0.15, 0.2) is 5.78 Å². The minimum atomic E-state index is -5.13. The van der Waals surface area contributed by atoms with Gasteiger partial charge in [-0.05, 0) is 62.8 Å².